The van der Waals surface area contributed by atoms with Crippen molar-refractivity contribution in [2.45, 2.75) is 65.0 Å². The first-order valence-corrected chi connectivity index (χ1v) is 5.57. The smallest absolute Gasteiger partial charge is 0.0622 e. The van der Waals surface area contributed by atoms with Crippen LogP contribution in [0.1, 0.15) is 53.9 Å². The maximum absolute atomic E-state index is 5.36. The zero-order valence-corrected chi connectivity index (χ0v) is 10.7. The van der Waals surface area contributed by atoms with E-state index >= 15 is 0 Å². The van der Waals surface area contributed by atoms with Crippen LogP contribution in [0.3, 0.4) is 0 Å². The summed E-state index contributed by atoms with van der Waals surface area (Å²) in [5, 5.41) is 3.49. The minimum atomic E-state index is 0.0434. The number of nitrogens with one attached hydrogen (secondary N) is 1. The molecule has 0 unspecified atom stereocenters. The lowest BCUT2D eigenvalue weighted by Crippen LogP contribution is -2.36. The van der Waals surface area contributed by atoms with E-state index in [0.717, 1.165) is 13.0 Å². The minimum absolute atomic E-state index is 0.0434. The molecule has 0 saturated heterocycles. The lowest BCUT2D eigenvalue weighted by Gasteiger charge is -2.24. The fraction of sp³-hybridized carbons (Fsp3) is 1.00. The predicted octanol–water partition coefficient (Wildman–Crippen LogP) is 2.97. The van der Waals surface area contributed by atoms with Crippen molar-refractivity contribution in [3.63, 3.8) is 0 Å². The average molecular weight is 201 g/mol. The Bertz CT molecular complexity index is 147. The molecule has 86 valence electrons. The highest BCUT2D eigenvalue weighted by molar-refractivity contribution is 4.71. The highest BCUT2D eigenvalue weighted by atomic mass is 16.5. The molecule has 0 rings (SSSR count). The standard InChI is InChI=1S/C12H27NO/c1-11(2,3)13-10-8-7-9-12(4,5)14-6/h13H,7-10H2,1-6H3. The number of ether oxygens (including phenoxy) is 1. The van der Waals surface area contributed by atoms with Gasteiger partial charge in [0.2, 0.25) is 0 Å². The Labute approximate surface area is 89.4 Å². The van der Waals surface area contributed by atoms with Crippen LogP contribution in [0.5, 0.6) is 0 Å². The largest absolute Gasteiger partial charge is 0.379 e. The second-order valence-electron chi connectivity index (χ2n) is 5.60. The van der Waals surface area contributed by atoms with Gasteiger partial charge in [-0.15, -0.1) is 0 Å². The SMILES string of the molecule is COC(C)(C)CCCCNC(C)(C)C. The summed E-state index contributed by atoms with van der Waals surface area (Å²) in [6.07, 6.45) is 3.59. The van der Waals surface area contributed by atoms with Gasteiger partial charge >= 0.3 is 0 Å². The van der Waals surface area contributed by atoms with E-state index in [2.05, 4.69) is 39.9 Å². The Hall–Kier alpha value is -0.0800. The van der Waals surface area contributed by atoms with Crippen LogP contribution in [-0.4, -0.2) is 24.8 Å². The van der Waals surface area contributed by atoms with Gasteiger partial charge in [-0.25, -0.2) is 0 Å². The van der Waals surface area contributed by atoms with Gasteiger partial charge in [0, 0.05) is 12.6 Å². The second kappa shape index (κ2) is 5.72. The van der Waals surface area contributed by atoms with Crippen molar-refractivity contribution in [2.24, 2.45) is 0 Å². The van der Waals surface area contributed by atoms with Crippen LogP contribution < -0.4 is 5.32 Å². The van der Waals surface area contributed by atoms with Crippen LogP contribution in [0.4, 0.5) is 0 Å². The van der Waals surface area contributed by atoms with E-state index in [9.17, 15) is 0 Å². The number of hydrogen-bond acceptors (Lipinski definition) is 2. The average Bonchev–Trinajstić information content (AvgIpc) is 2.01. The molecule has 0 heterocycles. The number of hydrogen-bond donors (Lipinski definition) is 1. The molecular weight excluding hydrogens is 174 g/mol. The van der Waals surface area contributed by atoms with E-state index in [-0.39, 0.29) is 11.1 Å². The molecule has 0 amide bonds. The molecule has 0 radical (unpaired) electrons. The van der Waals surface area contributed by atoms with Crippen molar-refractivity contribution in [3.8, 4) is 0 Å². The summed E-state index contributed by atoms with van der Waals surface area (Å²) in [4.78, 5) is 0. The highest BCUT2D eigenvalue weighted by Crippen LogP contribution is 2.16. The van der Waals surface area contributed by atoms with Gasteiger partial charge in [0.25, 0.3) is 0 Å². The molecule has 1 N–H and O–H groups in total. The number of rotatable bonds is 6. The molecule has 0 aromatic carbocycles. The van der Waals surface area contributed by atoms with Gasteiger partial charge < -0.3 is 10.1 Å². The Balaban J connectivity index is 3.39. The van der Waals surface area contributed by atoms with E-state index in [1.54, 1.807) is 7.11 Å². The van der Waals surface area contributed by atoms with Crippen LogP contribution in [0, 0.1) is 0 Å². The molecule has 0 saturated carbocycles. The monoisotopic (exact) mass is 201 g/mol. The molecule has 2 nitrogen and oxygen atoms in total. The molecule has 0 fully saturated rings. The molecule has 0 bridgehead atoms. The normalized spacial score (nSPS) is 13.3. The third-order valence-corrected chi connectivity index (χ3v) is 2.41. The van der Waals surface area contributed by atoms with Gasteiger partial charge in [0.15, 0.2) is 0 Å². The van der Waals surface area contributed by atoms with Gasteiger partial charge in [0.1, 0.15) is 0 Å². The van der Waals surface area contributed by atoms with Crippen molar-refractivity contribution < 1.29 is 4.74 Å². The van der Waals surface area contributed by atoms with E-state index < -0.39 is 0 Å². The molecule has 0 atom stereocenters. The maximum atomic E-state index is 5.36. The van der Waals surface area contributed by atoms with Gasteiger partial charge in [-0.3, -0.25) is 0 Å². The molecule has 2 heteroatoms. The number of methoxy groups -OCH3 is 1. The Morgan fingerprint density at radius 1 is 1.00 bits per heavy atom. The summed E-state index contributed by atoms with van der Waals surface area (Å²) < 4.78 is 5.36. The molecule has 0 aliphatic heterocycles. The van der Waals surface area contributed by atoms with Gasteiger partial charge in [-0.2, -0.15) is 0 Å². The topological polar surface area (TPSA) is 21.3 Å². The van der Waals surface area contributed by atoms with Crippen LogP contribution >= 0.6 is 0 Å². The molecule has 0 aliphatic carbocycles. The van der Waals surface area contributed by atoms with Crippen LogP contribution in [0.25, 0.3) is 0 Å². The van der Waals surface area contributed by atoms with E-state index in [1.807, 2.05) is 0 Å². The third kappa shape index (κ3) is 8.52. The van der Waals surface area contributed by atoms with Crippen molar-refractivity contribution in [3.05, 3.63) is 0 Å². The van der Waals surface area contributed by atoms with Crippen LogP contribution in [0.2, 0.25) is 0 Å². The highest BCUT2D eigenvalue weighted by Gasteiger charge is 2.15. The van der Waals surface area contributed by atoms with Gasteiger partial charge in [0.05, 0.1) is 5.60 Å². The summed E-state index contributed by atoms with van der Waals surface area (Å²) in [6, 6.07) is 0. The van der Waals surface area contributed by atoms with Crippen molar-refractivity contribution in [1.82, 2.24) is 5.32 Å². The first-order valence-electron chi connectivity index (χ1n) is 5.57. The first-order chi connectivity index (χ1) is 6.27. The molecule has 0 aromatic heterocycles. The Morgan fingerprint density at radius 3 is 2.00 bits per heavy atom. The summed E-state index contributed by atoms with van der Waals surface area (Å²) in [5.74, 6) is 0. The molecular formula is C12H27NO. The predicted molar refractivity (Wildman–Crippen MR) is 62.7 cm³/mol. The van der Waals surface area contributed by atoms with Crippen molar-refractivity contribution >= 4 is 0 Å². The molecule has 14 heavy (non-hydrogen) atoms. The fourth-order valence-corrected chi connectivity index (χ4v) is 1.24. The second-order valence-corrected chi connectivity index (χ2v) is 5.60. The maximum Gasteiger partial charge on any atom is 0.0622 e. The zero-order chi connectivity index (χ0) is 11.2. The fourth-order valence-electron chi connectivity index (χ4n) is 1.24. The first kappa shape index (κ1) is 13.9. The zero-order valence-electron chi connectivity index (χ0n) is 10.7. The Morgan fingerprint density at radius 2 is 1.57 bits per heavy atom. The molecule has 0 aromatic rings. The molecule has 0 aliphatic rings. The summed E-state index contributed by atoms with van der Waals surface area (Å²) in [7, 11) is 1.79. The summed E-state index contributed by atoms with van der Waals surface area (Å²) in [5.41, 5.74) is 0.290. The lowest BCUT2D eigenvalue weighted by molar-refractivity contribution is 0.0135. The van der Waals surface area contributed by atoms with Crippen LogP contribution in [-0.2, 0) is 4.74 Å². The molecule has 0 spiro atoms. The van der Waals surface area contributed by atoms with Crippen molar-refractivity contribution in [2.75, 3.05) is 13.7 Å². The van der Waals surface area contributed by atoms with Gasteiger partial charge in [-0.05, 0) is 60.4 Å². The Kier molecular flexibility index (Phi) is 5.68. The summed E-state index contributed by atoms with van der Waals surface area (Å²) in [6.45, 7) is 12.0. The quantitative estimate of drug-likeness (QED) is 0.667. The third-order valence-electron chi connectivity index (χ3n) is 2.41. The minimum Gasteiger partial charge on any atom is -0.379 e. The van der Waals surface area contributed by atoms with E-state index in [4.69, 9.17) is 4.74 Å². The van der Waals surface area contributed by atoms with E-state index in [1.165, 1.54) is 12.8 Å². The van der Waals surface area contributed by atoms with Crippen LogP contribution in [0.15, 0.2) is 0 Å². The summed E-state index contributed by atoms with van der Waals surface area (Å²) >= 11 is 0. The lowest BCUT2D eigenvalue weighted by atomic mass is 10.0. The van der Waals surface area contributed by atoms with Crippen molar-refractivity contribution in [1.29, 1.82) is 0 Å². The van der Waals surface area contributed by atoms with Gasteiger partial charge in [-0.1, -0.05) is 0 Å². The van der Waals surface area contributed by atoms with E-state index in [0.29, 0.717) is 0 Å². The number of unbranched alkanes of at least 4 members (excludes halogenated alkanes) is 1.